The summed E-state index contributed by atoms with van der Waals surface area (Å²) in [5, 5.41) is 3.17. The van der Waals surface area contributed by atoms with Crippen LogP contribution in [0.1, 0.15) is 58.3 Å². The lowest BCUT2D eigenvalue weighted by molar-refractivity contribution is -0.130. The van der Waals surface area contributed by atoms with Crippen molar-refractivity contribution in [3.05, 3.63) is 0 Å². The summed E-state index contributed by atoms with van der Waals surface area (Å²) in [6.45, 7) is 2.89. The molecule has 3 unspecified atom stereocenters. The molecule has 0 aromatic rings. The van der Waals surface area contributed by atoms with Crippen molar-refractivity contribution >= 4 is 11.8 Å². The fourth-order valence-corrected chi connectivity index (χ4v) is 4.13. The minimum absolute atomic E-state index is 0.109. The molecule has 1 aliphatic heterocycles. The van der Waals surface area contributed by atoms with Gasteiger partial charge in [0, 0.05) is 25.0 Å². The normalized spacial score (nSPS) is 35.0. The third-order valence-corrected chi connectivity index (χ3v) is 5.34. The zero-order valence-electron chi connectivity index (χ0n) is 12.4. The predicted molar refractivity (Wildman–Crippen MR) is 77.0 cm³/mol. The van der Waals surface area contributed by atoms with Gasteiger partial charge in [-0.1, -0.05) is 19.8 Å². The summed E-state index contributed by atoms with van der Waals surface area (Å²) in [7, 11) is 0. The number of hydrogen-bond donors (Lipinski definition) is 1. The molecule has 4 heteroatoms. The highest BCUT2D eigenvalue weighted by molar-refractivity contribution is 5.89. The second-order valence-corrected chi connectivity index (χ2v) is 7.01. The number of nitrogens with zero attached hydrogens (tertiary/aromatic N) is 1. The van der Waals surface area contributed by atoms with E-state index in [1.54, 1.807) is 0 Å². The van der Waals surface area contributed by atoms with E-state index in [2.05, 4.69) is 12.2 Å². The monoisotopic (exact) mass is 278 g/mol. The molecule has 3 rings (SSSR count). The lowest BCUT2D eigenvalue weighted by Gasteiger charge is -2.24. The van der Waals surface area contributed by atoms with Crippen molar-refractivity contribution in [1.82, 2.24) is 10.2 Å². The van der Waals surface area contributed by atoms with Crippen LogP contribution in [0.3, 0.4) is 0 Å². The van der Waals surface area contributed by atoms with Gasteiger partial charge in [-0.25, -0.2) is 0 Å². The minimum atomic E-state index is -0.112. The van der Waals surface area contributed by atoms with E-state index in [0.717, 1.165) is 31.6 Å². The lowest BCUT2D eigenvalue weighted by atomic mass is 10.1. The number of amides is 2. The predicted octanol–water partition coefficient (Wildman–Crippen LogP) is 2.08. The molecule has 3 fully saturated rings. The second kappa shape index (κ2) is 5.74. The molecular formula is C16H26N2O2. The number of likely N-dealkylation sites (tertiary alicyclic amines) is 1. The van der Waals surface area contributed by atoms with Gasteiger partial charge in [-0.3, -0.25) is 9.59 Å². The van der Waals surface area contributed by atoms with Gasteiger partial charge in [-0.15, -0.1) is 0 Å². The standard InChI is InChI=1S/C16H26N2O2/c1-11-6-7-13(8-11)17-16(20)12-9-15(19)18(10-12)14-4-2-3-5-14/h11-14H,2-10H2,1H3,(H,17,20). The number of rotatable bonds is 3. The fraction of sp³-hybridized carbons (Fsp3) is 0.875. The third-order valence-electron chi connectivity index (χ3n) is 5.34. The fourth-order valence-electron chi connectivity index (χ4n) is 4.13. The molecule has 112 valence electrons. The Balaban J connectivity index is 1.53. The average molecular weight is 278 g/mol. The summed E-state index contributed by atoms with van der Waals surface area (Å²) in [6, 6.07) is 0.750. The van der Waals surface area contributed by atoms with Crippen LogP contribution < -0.4 is 5.32 Å². The molecule has 3 atom stereocenters. The molecule has 3 aliphatic rings. The van der Waals surface area contributed by atoms with Gasteiger partial charge in [0.05, 0.1) is 5.92 Å². The van der Waals surface area contributed by atoms with Gasteiger partial charge < -0.3 is 10.2 Å². The van der Waals surface area contributed by atoms with Gasteiger partial charge in [0.1, 0.15) is 0 Å². The molecule has 4 nitrogen and oxygen atoms in total. The number of hydrogen-bond acceptors (Lipinski definition) is 2. The molecule has 0 aromatic heterocycles. The molecule has 1 saturated heterocycles. The van der Waals surface area contributed by atoms with Crippen LogP contribution in [0.5, 0.6) is 0 Å². The first-order valence-electron chi connectivity index (χ1n) is 8.23. The summed E-state index contributed by atoms with van der Waals surface area (Å²) in [5.74, 6) is 0.911. The van der Waals surface area contributed by atoms with Crippen molar-refractivity contribution in [2.24, 2.45) is 11.8 Å². The van der Waals surface area contributed by atoms with Crippen LogP contribution in [-0.4, -0.2) is 35.3 Å². The van der Waals surface area contributed by atoms with Gasteiger partial charge in [0.2, 0.25) is 11.8 Å². The second-order valence-electron chi connectivity index (χ2n) is 7.01. The number of carbonyl (C=O) groups excluding carboxylic acids is 2. The van der Waals surface area contributed by atoms with E-state index in [4.69, 9.17) is 0 Å². The van der Waals surface area contributed by atoms with E-state index in [-0.39, 0.29) is 17.7 Å². The van der Waals surface area contributed by atoms with Crippen LogP contribution in [0.4, 0.5) is 0 Å². The topological polar surface area (TPSA) is 49.4 Å². The van der Waals surface area contributed by atoms with E-state index < -0.39 is 0 Å². The quantitative estimate of drug-likeness (QED) is 0.859. The lowest BCUT2D eigenvalue weighted by Crippen LogP contribution is -2.40. The van der Waals surface area contributed by atoms with Crippen molar-refractivity contribution in [3.63, 3.8) is 0 Å². The summed E-state index contributed by atoms with van der Waals surface area (Å²) >= 11 is 0. The van der Waals surface area contributed by atoms with Gasteiger partial charge in [-0.05, 0) is 38.0 Å². The van der Waals surface area contributed by atoms with E-state index in [9.17, 15) is 9.59 Å². The molecule has 1 heterocycles. The maximum Gasteiger partial charge on any atom is 0.225 e. The first-order chi connectivity index (χ1) is 9.63. The van der Waals surface area contributed by atoms with Crippen LogP contribution in [0.15, 0.2) is 0 Å². The van der Waals surface area contributed by atoms with Gasteiger partial charge in [0.25, 0.3) is 0 Å². The molecule has 2 amide bonds. The molecule has 0 spiro atoms. The highest BCUT2D eigenvalue weighted by Crippen LogP contribution is 2.30. The Kier molecular flexibility index (Phi) is 3.99. The number of nitrogens with one attached hydrogen (secondary N) is 1. The Labute approximate surface area is 121 Å². The molecule has 0 bridgehead atoms. The SMILES string of the molecule is CC1CCC(NC(=O)C2CC(=O)N(C3CCCC3)C2)C1. The van der Waals surface area contributed by atoms with Crippen LogP contribution in [0.2, 0.25) is 0 Å². The average Bonchev–Trinajstić information content (AvgIpc) is 3.10. The molecular weight excluding hydrogens is 252 g/mol. The highest BCUT2D eigenvalue weighted by atomic mass is 16.2. The third kappa shape index (κ3) is 2.84. The van der Waals surface area contributed by atoms with Crippen LogP contribution >= 0.6 is 0 Å². The van der Waals surface area contributed by atoms with Crippen molar-refractivity contribution in [3.8, 4) is 0 Å². The van der Waals surface area contributed by atoms with E-state index in [1.165, 1.54) is 19.3 Å². The first kappa shape index (κ1) is 13.9. The molecule has 20 heavy (non-hydrogen) atoms. The number of carbonyl (C=O) groups is 2. The molecule has 1 N–H and O–H groups in total. The van der Waals surface area contributed by atoms with Crippen LogP contribution in [0.25, 0.3) is 0 Å². The van der Waals surface area contributed by atoms with E-state index >= 15 is 0 Å². The Bertz CT molecular complexity index is 390. The summed E-state index contributed by atoms with van der Waals surface area (Å²) in [4.78, 5) is 26.4. The Hall–Kier alpha value is -1.06. The Morgan fingerprint density at radius 1 is 1.20 bits per heavy atom. The Morgan fingerprint density at radius 2 is 1.95 bits per heavy atom. The summed E-state index contributed by atoms with van der Waals surface area (Å²) in [6.07, 6.45) is 8.53. The van der Waals surface area contributed by atoms with Gasteiger partial charge in [0.15, 0.2) is 0 Å². The van der Waals surface area contributed by atoms with Crippen LogP contribution in [0, 0.1) is 11.8 Å². The van der Waals surface area contributed by atoms with E-state index in [1.807, 2.05) is 4.90 Å². The molecule has 0 aromatic carbocycles. The van der Waals surface area contributed by atoms with Gasteiger partial charge >= 0.3 is 0 Å². The largest absolute Gasteiger partial charge is 0.353 e. The van der Waals surface area contributed by atoms with Gasteiger partial charge in [-0.2, -0.15) is 0 Å². The smallest absolute Gasteiger partial charge is 0.225 e. The first-order valence-corrected chi connectivity index (χ1v) is 8.23. The highest BCUT2D eigenvalue weighted by Gasteiger charge is 2.39. The van der Waals surface area contributed by atoms with E-state index in [0.29, 0.717) is 25.0 Å². The maximum atomic E-state index is 12.3. The Morgan fingerprint density at radius 3 is 2.60 bits per heavy atom. The summed E-state index contributed by atoms with van der Waals surface area (Å²) < 4.78 is 0. The van der Waals surface area contributed by atoms with Crippen molar-refractivity contribution in [2.75, 3.05) is 6.54 Å². The maximum absolute atomic E-state index is 12.3. The molecule has 0 radical (unpaired) electrons. The van der Waals surface area contributed by atoms with Crippen LogP contribution in [-0.2, 0) is 9.59 Å². The summed E-state index contributed by atoms with van der Waals surface area (Å²) in [5.41, 5.74) is 0. The molecule has 2 aliphatic carbocycles. The molecule has 2 saturated carbocycles. The zero-order chi connectivity index (χ0) is 14.1. The van der Waals surface area contributed by atoms with Crippen molar-refractivity contribution < 1.29 is 9.59 Å². The zero-order valence-corrected chi connectivity index (χ0v) is 12.4. The van der Waals surface area contributed by atoms with Crippen molar-refractivity contribution in [1.29, 1.82) is 0 Å². The minimum Gasteiger partial charge on any atom is -0.353 e. The van der Waals surface area contributed by atoms with Crippen molar-refractivity contribution in [2.45, 2.75) is 70.4 Å².